The first-order valence-corrected chi connectivity index (χ1v) is 9.30. The van der Waals surface area contributed by atoms with E-state index >= 15 is 0 Å². The number of aromatic amines is 1. The van der Waals surface area contributed by atoms with Crippen LogP contribution in [0.15, 0.2) is 24.3 Å². The SMILES string of the molecule is CC(C)c1ccc2cc(C(=O)N[C@@H]3CCS(=O)(=O)C3)[nH]c2c1. The summed E-state index contributed by atoms with van der Waals surface area (Å²) in [5.74, 6) is 0.372. The Labute approximate surface area is 130 Å². The Balaban J connectivity index is 1.79. The number of amides is 1. The lowest BCUT2D eigenvalue weighted by atomic mass is 10.0. The van der Waals surface area contributed by atoms with E-state index < -0.39 is 9.84 Å². The quantitative estimate of drug-likeness (QED) is 0.910. The molecule has 6 heteroatoms. The van der Waals surface area contributed by atoms with Gasteiger partial charge in [0.05, 0.1) is 11.5 Å². The molecule has 0 saturated carbocycles. The fourth-order valence-electron chi connectivity index (χ4n) is 2.80. The number of aromatic nitrogens is 1. The number of carbonyl (C=O) groups is 1. The van der Waals surface area contributed by atoms with Crippen LogP contribution in [-0.4, -0.2) is 36.9 Å². The molecule has 0 aliphatic carbocycles. The van der Waals surface area contributed by atoms with Gasteiger partial charge in [-0.25, -0.2) is 8.42 Å². The summed E-state index contributed by atoms with van der Waals surface area (Å²) in [5, 5.41) is 3.78. The van der Waals surface area contributed by atoms with E-state index in [9.17, 15) is 13.2 Å². The molecule has 1 aromatic heterocycles. The largest absolute Gasteiger partial charge is 0.351 e. The number of H-pyrrole nitrogens is 1. The summed E-state index contributed by atoms with van der Waals surface area (Å²) < 4.78 is 22.9. The van der Waals surface area contributed by atoms with E-state index in [4.69, 9.17) is 0 Å². The molecule has 2 heterocycles. The van der Waals surface area contributed by atoms with Gasteiger partial charge < -0.3 is 10.3 Å². The number of carbonyl (C=O) groups excluding carboxylic acids is 1. The molecule has 2 aromatic rings. The maximum atomic E-state index is 12.3. The van der Waals surface area contributed by atoms with Crippen LogP contribution in [0, 0.1) is 0 Å². The second kappa shape index (κ2) is 5.43. The van der Waals surface area contributed by atoms with Crippen LogP contribution in [0.1, 0.15) is 42.2 Å². The molecule has 1 amide bonds. The average molecular weight is 320 g/mol. The van der Waals surface area contributed by atoms with Gasteiger partial charge >= 0.3 is 0 Å². The topological polar surface area (TPSA) is 79.0 Å². The molecule has 2 N–H and O–H groups in total. The molecule has 3 rings (SSSR count). The predicted molar refractivity (Wildman–Crippen MR) is 86.9 cm³/mol. The fourth-order valence-corrected chi connectivity index (χ4v) is 4.47. The second-order valence-corrected chi connectivity index (χ2v) is 8.49. The smallest absolute Gasteiger partial charge is 0.267 e. The zero-order chi connectivity index (χ0) is 15.9. The molecule has 22 heavy (non-hydrogen) atoms. The van der Waals surface area contributed by atoms with E-state index in [1.54, 1.807) is 6.07 Å². The Morgan fingerprint density at radius 2 is 2.09 bits per heavy atom. The summed E-state index contributed by atoms with van der Waals surface area (Å²) in [4.78, 5) is 15.4. The lowest BCUT2D eigenvalue weighted by molar-refractivity contribution is 0.0937. The summed E-state index contributed by atoms with van der Waals surface area (Å²) >= 11 is 0. The van der Waals surface area contributed by atoms with Gasteiger partial charge in [0.25, 0.3) is 5.91 Å². The number of nitrogens with one attached hydrogen (secondary N) is 2. The first kappa shape index (κ1) is 15.1. The van der Waals surface area contributed by atoms with E-state index in [0.29, 0.717) is 18.0 Å². The molecule has 1 atom stereocenters. The van der Waals surface area contributed by atoms with Gasteiger partial charge in [0.15, 0.2) is 9.84 Å². The number of benzene rings is 1. The van der Waals surface area contributed by atoms with Crippen molar-refractivity contribution in [1.29, 1.82) is 0 Å². The maximum absolute atomic E-state index is 12.3. The molecule has 1 aliphatic heterocycles. The third-order valence-electron chi connectivity index (χ3n) is 4.13. The van der Waals surface area contributed by atoms with Crippen molar-refractivity contribution in [3.8, 4) is 0 Å². The monoisotopic (exact) mass is 320 g/mol. The Kier molecular flexibility index (Phi) is 3.72. The first-order valence-electron chi connectivity index (χ1n) is 7.48. The van der Waals surface area contributed by atoms with Crippen molar-refractivity contribution >= 4 is 26.6 Å². The first-order chi connectivity index (χ1) is 10.3. The minimum absolute atomic E-state index is 0.0382. The zero-order valence-corrected chi connectivity index (χ0v) is 13.5. The highest BCUT2D eigenvalue weighted by Crippen LogP contribution is 2.22. The number of fused-ring (bicyclic) bond motifs is 1. The molecule has 0 spiro atoms. The third kappa shape index (κ3) is 3.02. The molecular weight excluding hydrogens is 300 g/mol. The molecular formula is C16H20N2O3S. The molecule has 5 nitrogen and oxygen atoms in total. The molecule has 0 radical (unpaired) electrons. The van der Waals surface area contributed by atoms with Gasteiger partial charge in [0.2, 0.25) is 0 Å². The third-order valence-corrected chi connectivity index (χ3v) is 5.89. The Morgan fingerprint density at radius 1 is 1.32 bits per heavy atom. The van der Waals surface area contributed by atoms with Crippen molar-refractivity contribution in [3.05, 3.63) is 35.5 Å². The summed E-state index contributed by atoms with van der Waals surface area (Å²) in [6.07, 6.45) is 0.492. The van der Waals surface area contributed by atoms with Crippen molar-refractivity contribution in [2.45, 2.75) is 32.2 Å². The molecule has 1 saturated heterocycles. The highest BCUT2D eigenvalue weighted by atomic mass is 32.2. The second-order valence-electron chi connectivity index (χ2n) is 6.26. The van der Waals surface area contributed by atoms with E-state index in [1.165, 1.54) is 5.56 Å². The summed E-state index contributed by atoms with van der Waals surface area (Å²) in [5.41, 5.74) is 2.61. The van der Waals surface area contributed by atoms with Crippen molar-refractivity contribution in [3.63, 3.8) is 0 Å². The summed E-state index contributed by atoms with van der Waals surface area (Å²) in [6.45, 7) is 4.25. The van der Waals surface area contributed by atoms with Gasteiger partial charge in [-0.3, -0.25) is 4.79 Å². The van der Waals surface area contributed by atoms with Gasteiger partial charge in [-0.1, -0.05) is 26.0 Å². The zero-order valence-electron chi connectivity index (χ0n) is 12.7. The molecule has 1 fully saturated rings. The minimum atomic E-state index is -2.99. The van der Waals surface area contributed by atoms with Crippen LogP contribution in [0.2, 0.25) is 0 Å². The van der Waals surface area contributed by atoms with Crippen molar-refractivity contribution in [2.75, 3.05) is 11.5 Å². The minimum Gasteiger partial charge on any atom is -0.351 e. The lowest BCUT2D eigenvalue weighted by Gasteiger charge is -2.09. The molecule has 0 bridgehead atoms. The van der Waals surface area contributed by atoms with Crippen LogP contribution < -0.4 is 5.32 Å². The number of hydrogen-bond donors (Lipinski definition) is 2. The van der Waals surface area contributed by atoms with E-state index in [0.717, 1.165) is 10.9 Å². The summed E-state index contributed by atoms with van der Waals surface area (Å²) in [6, 6.07) is 7.63. The van der Waals surface area contributed by atoms with Crippen LogP contribution in [0.4, 0.5) is 0 Å². The van der Waals surface area contributed by atoms with Gasteiger partial charge in [0, 0.05) is 16.9 Å². The van der Waals surface area contributed by atoms with Crippen LogP contribution >= 0.6 is 0 Å². The van der Waals surface area contributed by atoms with E-state index in [1.807, 2.05) is 6.07 Å². The van der Waals surface area contributed by atoms with Crippen LogP contribution in [0.3, 0.4) is 0 Å². The molecule has 118 valence electrons. The Hall–Kier alpha value is -1.82. The van der Waals surface area contributed by atoms with Crippen molar-refractivity contribution in [2.24, 2.45) is 0 Å². The van der Waals surface area contributed by atoms with Gasteiger partial charge in [-0.15, -0.1) is 0 Å². The number of rotatable bonds is 3. The maximum Gasteiger partial charge on any atom is 0.267 e. The Bertz CT molecular complexity index is 821. The lowest BCUT2D eigenvalue weighted by Crippen LogP contribution is -2.35. The fraction of sp³-hybridized carbons (Fsp3) is 0.438. The van der Waals surface area contributed by atoms with Crippen LogP contribution in [0.25, 0.3) is 10.9 Å². The van der Waals surface area contributed by atoms with Crippen molar-refractivity contribution < 1.29 is 13.2 Å². The van der Waals surface area contributed by atoms with E-state index in [2.05, 4.69) is 36.3 Å². The van der Waals surface area contributed by atoms with Gasteiger partial charge in [-0.05, 0) is 30.0 Å². The van der Waals surface area contributed by atoms with Crippen molar-refractivity contribution in [1.82, 2.24) is 10.3 Å². The normalized spacial score (nSPS) is 20.6. The molecule has 1 aliphatic rings. The highest BCUT2D eigenvalue weighted by molar-refractivity contribution is 7.91. The van der Waals surface area contributed by atoms with E-state index in [-0.39, 0.29) is 23.5 Å². The Morgan fingerprint density at radius 3 is 2.73 bits per heavy atom. The molecule has 0 unspecified atom stereocenters. The van der Waals surface area contributed by atoms with Crippen LogP contribution in [0.5, 0.6) is 0 Å². The number of sulfone groups is 1. The van der Waals surface area contributed by atoms with Gasteiger partial charge in [0.1, 0.15) is 5.69 Å². The highest BCUT2D eigenvalue weighted by Gasteiger charge is 2.29. The van der Waals surface area contributed by atoms with Crippen LogP contribution in [-0.2, 0) is 9.84 Å². The predicted octanol–water partition coefficient (Wildman–Crippen LogP) is 2.21. The standard InChI is InChI=1S/C16H20N2O3S/c1-10(2)11-3-4-12-8-15(18-14(12)7-11)16(19)17-13-5-6-22(20,21)9-13/h3-4,7-8,10,13,18H,5-6,9H2,1-2H3,(H,17,19)/t13-/m1/s1. The van der Waals surface area contributed by atoms with Gasteiger partial charge in [-0.2, -0.15) is 0 Å². The average Bonchev–Trinajstić information content (AvgIpc) is 3.00. The summed E-state index contributed by atoms with van der Waals surface area (Å²) in [7, 11) is -2.99. The number of hydrogen-bond acceptors (Lipinski definition) is 3. The molecule has 1 aromatic carbocycles.